The minimum absolute atomic E-state index is 0.147. The van der Waals surface area contributed by atoms with Gasteiger partial charge in [0.05, 0.1) is 12.1 Å². The van der Waals surface area contributed by atoms with Gasteiger partial charge >= 0.3 is 0 Å². The molecule has 5 unspecified atom stereocenters. The van der Waals surface area contributed by atoms with Crippen LogP contribution in [0.5, 0.6) is 0 Å². The molecule has 0 aliphatic heterocycles. The summed E-state index contributed by atoms with van der Waals surface area (Å²) >= 11 is 0. The van der Waals surface area contributed by atoms with Gasteiger partial charge in [-0.1, -0.05) is 55.0 Å². The van der Waals surface area contributed by atoms with Crippen LogP contribution in [0.25, 0.3) is 0 Å². The van der Waals surface area contributed by atoms with Crippen LogP contribution in [-0.4, -0.2) is 41.4 Å². The van der Waals surface area contributed by atoms with Crippen LogP contribution in [0.3, 0.4) is 0 Å². The Hall–Kier alpha value is -1.79. The third-order valence-corrected chi connectivity index (χ3v) is 6.10. The Kier molecular flexibility index (Phi) is 7.57. The van der Waals surface area contributed by atoms with Gasteiger partial charge < -0.3 is 26.1 Å². The monoisotopic (exact) mass is 384 g/mol. The number of aldehydes is 1. The van der Waals surface area contributed by atoms with E-state index in [1.807, 2.05) is 0 Å². The molecule has 5 N–H and O–H groups in total. The Balaban J connectivity index is 1.48. The number of aliphatic hydroxyl groups is 2. The first-order valence-electron chi connectivity index (χ1n) is 10.4. The fourth-order valence-electron chi connectivity index (χ4n) is 4.55. The molecule has 2 aliphatic rings. The molecule has 5 atom stereocenters. The van der Waals surface area contributed by atoms with Gasteiger partial charge in [-0.3, -0.25) is 0 Å². The molecule has 0 saturated carbocycles. The lowest BCUT2D eigenvalue weighted by Gasteiger charge is -2.24. The van der Waals surface area contributed by atoms with Gasteiger partial charge in [0.1, 0.15) is 6.29 Å². The third kappa shape index (κ3) is 4.97. The number of rotatable bonds is 11. The summed E-state index contributed by atoms with van der Waals surface area (Å²) in [7, 11) is 0. The van der Waals surface area contributed by atoms with E-state index >= 15 is 0 Å². The maximum atomic E-state index is 11.5. The number of nitrogens with one attached hydrogen (secondary N) is 1. The molecule has 0 heterocycles. The second-order valence-electron chi connectivity index (χ2n) is 7.96. The van der Waals surface area contributed by atoms with Crippen LogP contribution in [0.1, 0.15) is 55.1 Å². The number of benzene rings is 1. The van der Waals surface area contributed by atoms with Crippen LogP contribution in [-0.2, 0) is 4.79 Å². The Bertz CT molecular complexity index is 701. The predicted octanol–water partition coefficient (Wildman–Crippen LogP) is 2.36. The molecule has 0 radical (unpaired) electrons. The van der Waals surface area contributed by atoms with Crippen LogP contribution < -0.4 is 11.1 Å². The minimum atomic E-state index is -1.46. The number of hydrogen-bond acceptors (Lipinski definition) is 5. The Morgan fingerprint density at radius 2 is 1.82 bits per heavy atom. The van der Waals surface area contributed by atoms with Crippen LogP contribution in [0, 0.1) is 5.92 Å². The Morgan fingerprint density at radius 3 is 2.57 bits per heavy atom. The largest absolute Gasteiger partial charge is 0.367 e. The highest BCUT2D eigenvalue weighted by molar-refractivity contribution is 5.57. The molecule has 5 heteroatoms. The standard InChI is InChI=1S/C23H32N2O3/c24-22(23(27)28)11-5-6-14-25-16(15-26)12-13-21-19-9-3-1-7-17(19)18-8-2-4-10-20(18)21/h1-4,7-10,15-17,19,21-23,25,27-28H,5-6,11-14,24H2. The van der Waals surface area contributed by atoms with Crippen molar-refractivity contribution in [2.75, 3.05) is 6.54 Å². The average molecular weight is 385 g/mol. The van der Waals surface area contributed by atoms with E-state index in [2.05, 4.69) is 53.9 Å². The maximum absolute atomic E-state index is 11.5. The number of carbonyl (C=O) groups excluding carboxylic acids is 1. The van der Waals surface area contributed by atoms with E-state index in [1.54, 1.807) is 0 Å². The predicted molar refractivity (Wildman–Crippen MR) is 111 cm³/mol. The average Bonchev–Trinajstić information content (AvgIpc) is 3.03. The van der Waals surface area contributed by atoms with E-state index in [1.165, 1.54) is 11.1 Å². The van der Waals surface area contributed by atoms with Crippen molar-refractivity contribution < 1.29 is 15.0 Å². The van der Waals surface area contributed by atoms with Crippen molar-refractivity contribution in [3.05, 3.63) is 59.7 Å². The summed E-state index contributed by atoms with van der Waals surface area (Å²) in [6, 6.07) is 7.95. The van der Waals surface area contributed by atoms with E-state index in [0.29, 0.717) is 24.2 Å². The number of unbranched alkanes of at least 4 members (excludes halogenated alkanes) is 1. The molecule has 0 spiro atoms. The number of fused-ring (bicyclic) bond motifs is 3. The number of allylic oxidation sites excluding steroid dienone is 4. The van der Waals surface area contributed by atoms with Gasteiger partial charge in [0.2, 0.25) is 0 Å². The summed E-state index contributed by atoms with van der Waals surface area (Å²) in [5, 5.41) is 21.3. The zero-order valence-corrected chi connectivity index (χ0v) is 16.3. The van der Waals surface area contributed by atoms with Gasteiger partial charge in [0, 0.05) is 5.92 Å². The second kappa shape index (κ2) is 10.1. The molecule has 0 saturated heterocycles. The second-order valence-corrected chi connectivity index (χ2v) is 7.96. The first-order valence-corrected chi connectivity index (χ1v) is 10.4. The molecule has 0 bridgehead atoms. The van der Waals surface area contributed by atoms with E-state index in [9.17, 15) is 4.79 Å². The summed E-state index contributed by atoms with van der Waals surface area (Å²) in [4.78, 5) is 11.5. The summed E-state index contributed by atoms with van der Waals surface area (Å²) < 4.78 is 0. The lowest BCUT2D eigenvalue weighted by atomic mass is 9.81. The first kappa shape index (κ1) is 20.9. The minimum Gasteiger partial charge on any atom is -0.367 e. The van der Waals surface area contributed by atoms with Gasteiger partial charge in [-0.15, -0.1) is 0 Å². The lowest BCUT2D eigenvalue weighted by molar-refractivity contribution is -0.109. The van der Waals surface area contributed by atoms with Gasteiger partial charge in [-0.05, 0) is 55.2 Å². The number of aliphatic hydroxyl groups excluding tert-OH is 1. The molecule has 0 fully saturated rings. The van der Waals surface area contributed by atoms with Crippen LogP contribution >= 0.6 is 0 Å². The van der Waals surface area contributed by atoms with E-state index in [0.717, 1.165) is 38.5 Å². The van der Waals surface area contributed by atoms with Gasteiger partial charge in [0.25, 0.3) is 0 Å². The zero-order chi connectivity index (χ0) is 19.9. The molecule has 28 heavy (non-hydrogen) atoms. The molecule has 0 amide bonds. The van der Waals surface area contributed by atoms with Gasteiger partial charge in [-0.25, -0.2) is 0 Å². The summed E-state index contributed by atoms with van der Waals surface area (Å²) in [6.07, 6.45) is 12.5. The highest BCUT2D eigenvalue weighted by Gasteiger charge is 2.38. The van der Waals surface area contributed by atoms with Crippen molar-refractivity contribution in [3.8, 4) is 0 Å². The van der Waals surface area contributed by atoms with Crippen molar-refractivity contribution in [2.45, 2.75) is 62.3 Å². The number of hydrogen-bond donors (Lipinski definition) is 4. The Morgan fingerprint density at radius 1 is 1.07 bits per heavy atom. The van der Waals surface area contributed by atoms with E-state index < -0.39 is 12.3 Å². The highest BCUT2D eigenvalue weighted by atomic mass is 16.5. The smallest absolute Gasteiger partial charge is 0.166 e. The quantitative estimate of drug-likeness (QED) is 0.267. The van der Waals surface area contributed by atoms with Crippen LogP contribution in [0.15, 0.2) is 48.6 Å². The molecule has 1 aromatic carbocycles. The van der Waals surface area contributed by atoms with Gasteiger partial charge in [-0.2, -0.15) is 0 Å². The topological polar surface area (TPSA) is 95.6 Å². The summed E-state index contributed by atoms with van der Waals surface area (Å²) in [5.41, 5.74) is 8.46. The SMILES string of the molecule is NC(CCCCNC(C=O)CCC1c2ccccc2C2C=CC=CC21)C(O)O. The van der Waals surface area contributed by atoms with Crippen molar-refractivity contribution in [2.24, 2.45) is 11.7 Å². The van der Waals surface area contributed by atoms with Crippen molar-refractivity contribution in [1.82, 2.24) is 5.32 Å². The van der Waals surface area contributed by atoms with Gasteiger partial charge in [0.15, 0.2) is 6.29 Å². The molecule has 0 aromatic heterocycles. The third-order valence-electron chi connectivity index (χ3n) is 6.10. The van der Waals surface area contributed by atoms with Crippen LogP contribution in [0.4, 0.5) is 0 Å². The normalized spacial score (nSPS) is 24.8. The highest BCUT2D eigenvalue weighted by Crippen LogP contribution is 2.50. The molecular weight excluding hydrogens is 352 g/mol. The summed E-state index contributed by atoms with van der Waals surface area (Å²) in [6.45, 7) is 0.730. The van der Waals surface area contributed by atoms with E-state index in [4.69, 9.17) is 15.9 Å². The molecule has 2 aliphatic carbocycles. The fraction of sp³-hybridized carbons (Fsp3) is 0.522. The molecule has 5 nitrogen and oxygen atoms in total. The van der Waals surface area contributed by atoms with E-state index in [-0.39, 0.29) is 6.04 Å². The number of carbonyl (C=O) groups is 1. The lowest BCUT2D eigenvalue weighted by Crippen LogP contribution is -2.35. The molecule has 3 rings (SSSR count). The van der Waals surface area contributed by atoms with Crippen LogP contribution in [0.2, 0.25) is 0 Å². The molecule has 152 valence electrons. The first-order chi connectivity index (χ1) is 13.6. The fourth-order valence-corrected chi connectivity index (χ4v) is 4.55. The number of nitrogens with two attached hydrogens (primary N) is 1. The van der Waals surface area contributed by atoms with Crippen molar-refractivity contribution >= 4 is 6.29 Å². The maximum Gasteiger partial charge on any atom is 0.166 e. The Labute approximate surface area is 167 Å². The zero-order valence-electron chi connectivity index (χ0n) is 16.3. The van der Waals surface area contributed by atoms with Crippen molar-refractivity contribution in [3.63, 3.8) is 0 Å². The van der Waals surface area contributed by atoms with Crippen molar-refractivity contribution in [1.29, 1.82) is 0 Å². The molecular formula is C23H32N2O3. The summed E-state index contributed by atoms with van der Waals surface area (Å²) in [5.74, 6) is 1.40. The molecule has 1 aromatic rings.